The summed E-state index contributed by atoms with van der Waals surface area (Å²) < 4.78 is 28.8. The number of hydrogen-bond donors (Lipinski definition) is 1. The molecule has 2 heterocycles. The Morgan fingerprint density at radius 1 is 1.45 bits per heavy atom. The third-order valence-corrected chi connectivity index (χ3v) is 4.77. The van der Waals surface area contributed by atoms with Crippen LogP contribution in [0.4, 0.5) is 0 Å². The number of rotatable bonds is 4. The van der Waals surface area contributed by atoms with Gasteiger partial charge < -0.3 is 4.90 Å². The van der Waals surface area contributed by atoms with Crippen LogP contribution >= 0.6 is 11.5 Å². The van der Waals surface area contributed by atoms with E-state index in [1.54, 1.807) is 4.90 Å². The quantitative estimate of drug-likeness (QED) is 0.859. The van der Waals surface area contributed by atoms with Gasteiger partial charge in [0.25, 0.3) is 5.91 Å². The second-order valence-electron chi connectivity index (χ2n) is 4.86. The first-order valence-electron chi connectivity index (χ1n) is 6.48. The van der Waals surface area contributed by atoms with Crippen molar-refractivity contribution in [1.82, 2.24) is 19.2 Å². The Balaban J connectivity index is 1.95. The number of carbonyl (C=O) groups excluding carboxylic acids is 1. The topological polar surface area (TPSA) is 92.3 Å². The molecule has 1 aromatic heterocycles. The number of likely N-dealkylation sites (tertiary alicyclic amines) is 1. The molecule has 1 aromatic rings. The van der Waals surface area contributed by atoms with E-state index < -0.39 is 10.0 Å². The molecule has 0 spiro atoms. The van der Waals surface area contributed by atoms with E-state index in [-0.39, 0.29) is 11.9 Å². The molecule has 20 heavy (non-hydrogen) atoms. The first-order chi connectivity index (χ1) is 9.40. The Hall–Kier alpha value is -1.06. The van der Waals surface area contributed by atoms with Crippen molar-refractivity contribution in [2.24, 2.45) is 0 Å². The van der Waals surface area contributed by atoms with Crippen molar-refractivity contribution >= 4 is 27.5 Å². The predicted molar refractivity (Wildman–Crippen MR) is 76.2 cm³/mol. The maximum Gasteiger partial charge on any atom is 0.267 e. The molecule has 1 aliphatic heterocycles. The summed E-state index contributed by atoms with van der Waals surface area (Å²) in [6, 6.07) is -0.0840. The van der Waals surface area contributed by atoms with Crippen LogP contribution in [0.25, 0.3) is 0 Å². The summed E-state index contributed by atoms with van der Waals surface area (Å²) in [6.45, 7) is 3.04. The van der Waals surface area contributed by atoms with Crippen molar-refractivity contribution < 1.29 is 13.2 Å². The van der Waals surface area contributed by atoms with E-state index in [9.17, 15) is 13.2 Å². The lowest BCUT2D eigenvalue weighted by Crippen LogP contribution is -2.46. The molecule has 0 aliphatic carbocycles. The first kappa shape index (κ1) is 15.3. The number of sulfonamides is 1. The molecule has 0 bridgehead atoms. The number of hydrogen-bond acceptors (Lipinski definition) is 6. The van der Waals surface area contributed by atoms with Crippen molar-refractivity contribution in [2.45, 2.75) is 32.2 Å². The summed E-state index contributed by atoms with van der Waals surface area (Å²) in [5.41, 5.74) is 0.733. The Morgan fingerprint density at radius 2 is 2.10 bits per heavy atom. The highest BCUT2D eigenvalue weighted by Crippen LogP contribution is 2.18. The van der Waals surface area contributed by atoms with Gasteiger partial charge in [-0.2, -0.15) is 0 Å². The molecule has 1 N–H and O–H groups in total. The van der Waals surface area contributed by atoms with E-state index in [1.807, 2.05) is 6.92 Å². The molecule has 9 heteroatoms. The highest BCUT2D eigenvalue weighted by atomic mass is 32.2. The molecule has 0 aromatic carbocycles. The summed E-state index contributed by atoms with van der Waals surface area (Å²) in [6.07, 6.45) is 3.10. The Morgan fingerprint density at radius 3 is 2.65 bits per heavy atom. The number of aromatic nitrogens is 2. The van der Waals surface area contributed by atoms with Crippen LogP contribution in [0.5, 0.6) is 0 Å². The molecule has 0 unspecified atom stereocenters. The fraction of sp³-hybridized carbons (Fsp3) is 0.727. The van der Waals surface area contributed by atoms with Crippen LogP contribution in [0.15, 0.2) is 0 Å². The first-order valence-corrected chi connectivity index (χ1v) is 9.15. The van der Waals surface area contributed by atoms with Crippen molar-refractivity contribution in [1.29, 1.82) is 0 Å². The van der Waals surface area contributed by atoms with E-state index in [1.165, 1.54) is 0 Å². The minimum Gasteiger partial charge on any atom is -0.338 e. The number of nitrogens with one attached hydrogen (secondary N) is 1. The SMILES string of the molecule is CCc1nnsc1C(=O)N1CCC(NS(C)(=O)=O)CC1. The third kappa shape index (κ3) is 3.74. The zero-order valence-corrected chi connectivity index (χ0v) is 13.1. The van der Waals surface area contributed by atoms with Crippen LogP contribution in [-0.2, 0) is 16.4 Å². The van der Waals surface area contributed by atoms with Crippen molar-refractivity contribution in [2.75, 3.05) is 19.3 Å². The number of carbonyl (C=O) groups is 1. The van der Waals surface area contributed by atoms with Crippen LogP contribution in [0, 0.1) is 0 Å². The largest absolute Gasteiger partial charge is 0.338 e. The molecule has 1 amide bonds. The molecular weight excluding hydrogens is 300 g/mol. The summed E-state index contributed by atoms with van der Waals surface area (Å²) in [5, 5.41) is 3.94. The zero-order valence-electron chi connectivity index (χ0n) is 11.5. The average Bonchev–Trinajstić information content (AvgIpc) is 2.85. The van der Waals surface area contributed by atoms with E-state index in [0.29, 0.717) is 37.2 Å². The van der Waals surface area contributed by atoms with E-state index in [2.05, 4.69) is 14.3 Å². The Labute approximate surface area is 122 Å². The fourth-order valence-corrected chi connectivity index (χ4v) is 3.81. The van der Waals surface area contributed by atoms with Gasteiger partial charge in [0.1, 0.15) is 4.88 Å². The molecule has 1 aliphatic rings. The number of amides is 1. The van der Waals surface area contributed by atoms with Gasteiger partial charge in [0, 0.05) is 19.1 Å². The monoisotopic (exact) mass is 318 g/mol. The van der Waals surface area contributed by atoms with Gasteiger partial charge in [-0.15, -0.1) is 5.10 Å². The molecule has 1 saturated heterocycles. The van der Waals surface area contributed by atoms with Crippen LogP contribution in [0.1, 0.15) is 35.1 Å². The van der Waals surface area contributed by atoms with Gasteiger partial charge >= 0.3 is 0 Å². The molecule has 7 nitrogen and oxygen atoms in total. The highest BCUT2D eigenvalue weighted by molar-refractivity contribution is 7.88. The van der Waals surface area contributed by atoms with Crippen LogP contribution < -0.4 is 4.72 Å². The minimum absolute atomic E-state index is 0.0466. The zero-order chi connectivity index (χ0) is 14.8. The molecule has 0 atom stereocenters. The van der Waals surface area contributed by atoms with Crippen LogP contribution in [0.3, 0.4) is 0 Å². The summed E-state index contributed by atoms with van der Waals surface area (Å²) in [7, 11) is -3.19. The van der Waals surface area contributed by atoms with Crippen LogP contribution in [0.2, 0.25) is 0 Å². The lowest BCUT2D eigenvalue weighted by Gasteiger charge is -2.31. The second-order valence-corrected chi connectivity index (χ2v) is 7.39. The molecule has 2 rings (SSSR count). The van der Waals surface area contributed by atoms with Gasteiger partial charge in [-0.25, -0.2) is 13.1 Å². The minimum atomic E-state index is -3.19. The third-order valence-electron chi connectivity index (χ3n) is 3.25. The van der Waals surface area contributed by atoms with E-state index >= 15 is 0 Å². The van der Waals surface area contributed by atoms with Gasteiger partial charge in [-0.1, -0.05) is 11.4 Å². The van der Waals surface area contributed by atoms with Crippen molar-refractivity contribution in [3.8, 4) is 0 Å². The van der Waals surface area contributed by atoms with Crippen molar-refractivity contribution in [3.63, 3.8) is 0 Å². The van der Waals surface area contributed by atoms with Gasteiger partial charge in [0.15, 0.2) is 0 Å². The van der Waals surface area contributed by atoms with Crippen LogP contribution in [-0.4, -0.2) is 54.2 Å². The Kier molecular flexibility index (Phi) is 4.71. The maximum atomic E-state index is 12.4. The molecule has 0 radical (unpaired) electrons. The number of piperidine rings is 1. The summed E-state index contributed by atoms with van der Waals surface area (Å²) >= 11 is 1.12. The lowest BCUT2D eigenvalue weighted by atomic mass is 10.1. The molecular formula is C11H18N4O3S2. The van der Waals surface area contributed by atoms with Gasteiger partial charge in [-0.05, 0) is 30.8 Å². The standard InChI is InChI=1S/C11H18N4O3S2/c1-3-9-10(19-14-12-9)11(16)15-6-4-8(5-7-15)13-20(2,17)18/h8,13H,3-7H2,1-2H3. The summed E-state index contributed by atoms with van der Waals surface area (Å²) in [5.74, 6) is -0.0466. The highest BCUT2D eigenvalue weighted by Gasteiger charge is 2.27. The number of aryl methyl sites for hydroxylation is 1. The summed E-state index contributed by atoms with van der Waals surface area (Å²) in [4.78, 5) is 14.7. The smallest absolute Gasteiger partial charge is 0.267 e. The average molecular weight is 318 g/mol. The number of nitrogens with zero attached hydrogens (tertiary/aromatic N) is 3. The molecule has 112 valence electrons. The van der Waals surface area contributed by atoms with E-state index in [0.717, 1.165) is 23.5 Å². The lowest BCUT2D eigenvalue weighted by molar-refractivity contribution is 0.0715. The normalized spacial score (nSPS) is 17.4. The second kappa shape index (κ2) is 6.15. The van der Waals surface area contributed by atoms with E-state index in [4.69, 9.17) is 0 Å². The van der Waals surface area contributed by atoms with Gasteiger partial charge in [0.05, 0.1) is 11.9 Å². The maximum absolute atomic E-state index is 12.4. The fourth-order valence-electron chi connectivity index (χ4n) is 2.25. The Bertz CT molecular complexity index is 576. The molecule has 1 fully saturated rings. The molecule has 0 saturated carbocycles. The van der Waals surface area contributed by atoms with Gasteiger partial charge in [-0.3, -0.25) is 4.79 Å². The predicted octanol–water partition coefficient (Wildman–Crippen LogP) is 0.254. The van der Waals surface area contributed by atoms with Crippen molar-refractivity contribution in [3.05, 3.63) is 10.6 Å². The van der Waals surface area contributed by atoms with Gasteiger partial charge in [0.2, 0.25) is 10.0 Å².